The summed E-state index contributed by atoms with van der Waals surface area (Å²) in [6, 6.07) is 0. The first-order chi connectivity index (χ1) is 33.5. The SMILES string of the molecule is CC/C=C\C/C=C\C/C=C\C/C=C\CCC(=O)OC(COC(=O)CCCCCCCCCCCC)COC(=O)CCCCCCCCCCCCCCCCCCCCCCCCCCCCC. The summed E-state index contributed by atoms with van der Waals surface area (Å²) >= 11 is 0. The molecule has 6 heteroatoms. The second-order valence-corrected chi connectivity index (χ2v) is 19.9. The van der Waals surface area contributed by atoms with Crippen LogP contribution in [0.25, 0.3) is 0 Å². The topological polar surface area (TPSA) is 78.9 Å². The Balaban J connectivity index is 4.15. The highest BCUT2D eigenvalue weighted by atomic mass is 16.6. The Kier molecular flexibility index (Phi) is 54.8. The predicted octanol–water partition coefficient (Wildman–Crippen LogP) is 19.8. The molecule has 6 nitrogen and oxygen atoms in total. The summed E-state index contributed by atoms with van der Waals surface area (Å²) in [6.07, 6.45) is 70.1. The second kappa shape index (κ2) is 57.0. The number of hydrogen-bond acceptors (Lipinski definition) is 6. The highest BCUT2D eigenvalue weighted by Crippen LogP contribution is 2.17. The van der Waals surface area contributed by atoms with Gasteiger partial charge in [-0.15, -0.1) is 0 Å². The summed E-state index contributed by atoms with van der Waals surface area (Å²) in [6.45, 7) is 6.48. The molecule has 1 unspecified atom stereocenters. The average Bonchev–Trinajstić information content (AvgIpc) is 3.34. The van der Waals surface area contributed by atoms with Gasteiger partial charge in [0.05, 0.1) is 0 Å². The van der Waals surface area contributed by atoms with E-state index >= 15 is 0 Å². The normalized spacial score (nSPS) is 12.3. The first-order valence-corrected chi connectivity index (χ1v) is 29.6. The number of ether oxygens (including phenoxy) is 3. The summed E-state index contributed by atoms with van der Waals surface area (Å²) in [4.78, 5) is 38.0. The molecule has 0 N–H and O–H groups in total. The van der Waals surface area contributed by atoms with Crippen LogP contribution in [0.2, 0.25) is 0 Å². The van der Waals surface area contributed by atoms with Crippen molar-refractivity contribution in [2.45, 2.75) is 316 Å². The van der Waals surface area contributed by atoms with Crippen LogP contribution >= 0.6 is 0 Å². The molecule has 0 spiro atoms. The number of hydrogen-bond donors (Lipinski definition) is 0. The molecule has 0 radical (unpaired) electrons. The maximum Gasteiger partial charge on any atom is 0.306 e. The Hall–Kier alpha value is -2.63. The van der Waals surface area contributed by atoms with Gasteiger partial charge in [-0.3, -0.25) is 14.4 Å². The number of allylic oxidation sites excluding steroid dienone is 8. The van der Waals surface area contributed by atoms with Crippen LogP contribution in [0.3, 0.4) is 0 Å². The van der Waals surface area contributed by atoms with Crippen LogP contribution in [-0.4, -0.2) is 37.2 Å². The molecule has 0 aliphatic rings. The largest absolute Gasteiger partial charge is 0.462 e. The zero-order valence-corrected chi connectivity index (χ0v) is 45.4. The fraction of sp³-hybridized carbons (Fsp3) is 0.823. The summed E-state index contributed by atoms with van der Waals surface area (Å²) in [5.41, 5.74) is 0. The van der Waals surface area contributed by atoms with Crippen molar-refractivity contribution in [3.8, 4) is 0 Å². The van der Waals surface area contributed by atoms with Crippen molar-refractivity contribution < 1.29 is 28.6 Å². The smallest absolute Gasteiger partial charge is 0.306 e. The Bertz CT molecular complexity index is 1190. The maximum atomic E-state index is 12.8. The van der Waals surface area contributed by atoms with E-state index in [1.54, 1.807) is 0 Å². The maximum absolute atomic E-state index is 12.8. The van der Waals surface area contributed by atoms with E-state index in [0.717, 1.165) is 64.2 Å². The second-order valence-electron chi connectivity index (χ2n) is 19.9. The van der Waals surface area contributed by atoms with Gasteiger partial charge in [0.25, 0.3) is 0 Å². The molecule has 396 valence electrons. The molecule has 0 fully saturated rings. The van der Waals surface area contributed by atoms with Crippen molar-refractivity contribution >= 4 is 17.9 Å². The summed E-state index contributed by atoms with van der Waals surface area (Å²) in [7, 11) is 0. The molecule has 0 saturated carbocycles. The van der Waals surface area contributed by atoms with Crippen molar-refractivity contribution in [2.75, 3.05) is 13.2 Å². The molecule has 0 aromatic rings. The van der Waals surface area contributed by atoms with Gasteiger partial charge in [0, 0.05) is 19.3 Å². The van der Waals surface area contributed by atoms with E-state index in [1.165, 1.54) is 199 Å². The van der Waals surface area contributed by atoms with Gasteiger partial charge in [0.15, 0.2) is 6.10 Å². The summed E-state index contributed by atoms with van der Waals surface area (Å²) in [5, 5.41) is 0. The van der Waals surface area contributed by atoms with Crippen molar-refractivity contribution in [3.63, 3.8) is 0 Å². The number of esters is 3. The molecule has 0 amide bonds. The first-order valence-electron chi connectivity index (χ1n) is 29.6. The van der Waals surface area contributed by atoms with E-state index in [-0.39, 0.29) is 37.5 Å². The molecule has 0 bridgehead atoms. The molecule has 0 aliphatic heterocycles. The van der Waals surface area contributed by atoms with Crippen LogP contribution in [0.1, 0.15) is 310 Å². The number of unbranched alkanes of at least 4 members (excludes halogenated alkanes) is 35. The lowest BCUT2D eigenvalue weighted by atomic mass is 10.0. The van der Waals surface area contributed by atoms with Gasteiger partial charge >= 0.3 is 17.9 Å². The summed E-state index contributed by atoms with van der Waals surface area (Å²) < 4.78 is 16.7. The average molecular weight is 954 g/mol. The van der Waals surface area contributed by atoms with Crippen molar-refractivity contribution in [1.29, 1.82) is 0 Å². The van der Waals surface area contributed by atoms with Crippen LogP contribution in [0, 0.1) is 0 Å². The van der Waals surface area contributed by atoms with Gasteiger partial charge < -0.3 is 14.2 Å². The molecule has 68 heavy (non-hydrogen) atoms. The van der Waals surface area contributed by atoms with Crippen LogP contribution in [-0.2, 0) is 28.6 Å². The minimum Gasteiger partial charge on any atom is -0.462 e. The molecular formula is C62H112O6. The molecule has 0 saturated heterocycles. The van der Waals surface area contributed by atoms with E-state index in [1.807, 2.05) is 6.08 Å². The predicted molar refractivity (Wildman–Crippen MR) is 293 cm³/mol. The Morgan fingerprint density at radius 3 is 0.868 bits per heavy atom. The molecule has 0 rings (SSSR count). The van der Waals surface area contributed by atoms with Gasteiger partial charge in [-0.25, -0.2) is 0 Å². The van der Waals surface area contributed by atoms with Crippen LogP contribution < -0.4 is 0 Å². The third kappa shape index (κ3) is 54.3. The van der Waals surface area contributed by atoms with E-state index < -0.39 is 6.10 Å². The van der Waals surface area contributed by atoms with Gasteiger partial charge in [0.2, 0.25) is 0 Å². The molecule has 0 aromatic heterocycles. The van der Waals surface area contributed by atoms with Crippen LogP contribution in [0.4, 0.5) is 0 Å². The fourth-order valence-corrected chi connectivity index (χ4v) is 8.69. The minimum atomic E-state index is -0.806. The van der Waals surface area contributed by atoms with Crippen molar-refractivity contribution in [1.82, 2.24) is 0 Å². The van der Waals surface area contributed by atoms with Gasteiger partial charge in [-0.2, -0.15) is 0 Å². The number of rotatable bonds is 54. The van der Waals surface area contributed by atoms with Crippen molar-refractivity contribution in [3.05, 3.63) is 48.6 Å². The Labute approximate surface area is 422 Å². The summed E-state index contributed by atoms with van der Waals surface area (Å²) in [5.74, 6) is -0.968. The number of carbonyl (C=O) groups excluding carboxylic acids is 3. The Morgan fingerprint density at radius 2 is 0.574 bits per heavy atom. The monoisotopic (exact) mass is 953 g/mol. The van der Waals surface area contributed by atoms with Crippen molar-refractivity contribution in [2.24, 2.45) is 0 Å². The molecule has 1 atom stereocenters. The lowest BCUT2D eigenvalue weighted by Gasteiger charge is -2.18. The van der Waals surface area contributed by atoms with E-state index in [4.69, 9.17) is 14.2 Å². The first kappa shape index (κ1) is 65.4. The third-order valence-corrected chi connectivity index (χ3v) is 13.1. The van der Waals surface area contributed by atoms with Gasteiger partial charge in [0.1, 0.15) is 13.2 Å². The zero-order valence-electron chi connectivity index (χ0n) is 45.4. The van der Waals surface area contributed by atoms with Crippen LogP contribution in [0.5, 0.6) is 0 Å². The van der Waals surface area contributed by atoms with E-state index in [9.17, 15) is 14.4 Å². The van der Waals surface area contributed by atoms with E-state index in [2.05, 4.69) is 63.3 Å². The molecule has 0 aromatic carbocycles. The fourth-order valence-electron chi connectivity index (χ4n) is 8.69. The molecule has 0 heterocycles. The minimum absolute atomic E-state index is 0.0976. The van der Waals surface area contributed by atoms with Crippen LogP contribution in [0.15, 0.2) is 48.6 Å². The lowest BCUT2D eigenvalue weighted by molar-refractivity contribution is -0.166. The lowest BCUT2D eigenvalue weighted by Crippen LogP contribution is -2.30. The number of carbonyl (C=O) groups is 3. The molecular weight excluding hydrogens is 841 g/mol. The highest BCUT2D eigenvalue weighted by Gasteiger charge is 2.19. The van der Waals surface area contributed by atoms with E-state index in [0.29, 0.717) is 19.3 Å². The highest BCUT2D eigenvalue weighted by molar-refractivity contribution is 5.71. The third-order valence-electron chi connectivity index (χ3n) is 13.1. The molecule has 0 aliphatic carbocycles. The zero-order chi connectivity index (χ0) is 49.3. The van der Waals surface area contributed by atoms with Gasteiger partial charge in [-0.05, 0) is 44.9 Å². The Morgan fingerprint density at radius 1 is 0.309 bits per heavy atom. The quantitative estimate of drug-likeness (QED) is 0.0262. The van der Waals surface area contributed by atoms with Gasteiger partial charge in [-0.1, -0.05) is 294 Å². The standard InChI is InChI=1S/C62H112O6/c1-4-7-10-13-16-19-22-24-25-26-27-28-29-30-31-32-33-34-35-36-37-39-40-43-46-49-52-55-61(64)67-58-59(57-66-60(63)54-51-48-45-42-21-18-15-12-9-6-3)68-62(65)56-53-50-47-44-41-38-23-20-17-14-11-8-5-2/h8,11,17,20,38,41,47,50,59H,4-7,9-10,12-16,18-19,21-37,39-40,42-46,48-49,51-58H2,1-3H3/b11-8-,20-17-,41-38-,50-47-.